The van der Waals surface area contributed by atoms with Gasteiger partial charge in [0.2, 0.25) is 0 Å². The molecule has 0 fully saturated rings. The Morgan fingerprint density at radius 3 is 2.80 bits per heavy atom. The summed E-state index contributed by atoms with van der Waals surface area (Å²) < 4.78 is 5.85. The summed E-state index contributed by atoms with van der Waals surface area (Å²) in [5.74, 6) is 2.35. The van der Waals surface area contributed by atoms with Crippen molar-refractivity contribution >= 4 is 16.8 Å². The quantitative estimate of drug-likeness (QED) is 0.775. The third kappa shape index (κ3) is 2.50. The molecular weight excluding hydrogens is 250 g/mol. The van der Waals surface area contributed by atoms with Crippen molar-refractivity contribution in [2.45, 2.75) is 20.3 Å². The Morgan fingerprint density at radius 1 is 1.15 bits per heavy atom. The highest BCUT2D eigenvalue weighted by Gasteiger charge is 2.09. The first-order valence-corrected chi connectivity index (χ1v) is 6.85. The van der Waals surface area contributed by atoms with Crippen molar-refractivity contribution in [1.29, 1.82) is 0 Å². The molecule has 0 aliphatic carbocycles. The van der Waals surface area contributed by atoms with Gasteiger partial charge in [-0.1, -0.05) is 25.1 Å². The monoisotopic (exact) mass is 267 g/mol. The number of aryl methyl sites for hydroxylation is 1. The van der Waals surface area contributed by atoms with Crippen molar-refractivity contribution in [1.82, 2.24) is 9.97 Å². The maximum absolute atomic E-state index is 5.85. The number of aromatic nitrogens is 2. The van der Waals surface area contributed by atoms with Gasteiger partial charge in [-0.05, 0) is 25.5 Å². The molecule has 0 saturated heterocycles. The standard InChI is InChI=1S/C16H17N3O/c1-3-8-17-16-10-13(18-11(2)19-16)15-9-12-6-4-5-7-14(12)20-15/h4-7,9-10H,3,8H2,1-2H3,(H,17,18,19). The van der Waals surface area contributed by atoms with Crippen molar-refractivity contribution in [3.8, 4) is 11.5 Å². The van der Waals surface area contributed by atoms with E-state index in [1.165, 1.54) is 0 Å². The van der Waals surface area contributed by atoms with Crippen molar-refractivity contribution in [2.24, 2.45) is 0 Å². The van der Waals surface area contributed by atoms with Gasteiger partial charge in [-0.2, -0.15) is 0 Å². The molecule has 102 valence electrons. The van der Waals surface area contributed by atoms with E-state index in [9.17, 15) is 0 Å². The smallest absolute Gasteiger partial charge is 0.154 e. The summed E-state index contributed by atoms with van der Waals surface area (Å²) >= 11 is 0. The molecule has 0 unspecified atom stereocenters. The van der Waals surface area contributed by atoms with Crippen LogP contribution in [-0.2, 0) is 0 Å². The zero-order chi connectivity index (χ0) is 13.9. The normalized spacial score (nSPS) is 10.9. The lowest BCUT2D eigenvalue weighted by Gasteiger charge is -2.06. The second-order valence-corrected chi connectivity index (χ2v) is 4.76. The summed E-state index contributed by atoms with van der Waals surface area (Å²) in [4.78, 5) is 8.85. The Hall–Kier alpha value is -2.36. The van der Waals surface area contributed by atoms with E-state index < -0.39 is 0 Å². The minimum Gasteiger partial charge on any atom is -0.454 e. The lowest BCUT2D eigenvalue weighted by molar-refractivity contribution is 0.628. The SMILES string of the molecule is CCCNc1cc(-c2cc3ccccc3o2)nc(C)n1. The van der Waals surface area contributed by atoms with Crippen LogP contribution in [0.15, 0.2) is 40.8 Å². The van der Waals surface area contributed by atoms with Gasteiger partial charge in [0.05, 0.1) is 0 Å². The van der Waals surface area contributed by atoms with E-state index in [0.29, 0.717) is 0 Å². The molecule has 0 amide bonds. The lowest BCUT2D eigenvalue weighted by Crippen LogP contribution is -2.04. The first kappa shape index (κ1) is 12.7. The molecule has 4 heteroatoms. The fourth-order valence-electron chi connectivity index (χ4n) is 2.15. The molecule has 2 aromatic heterocycles. The molecule has 1 aromatic carbocycles. The number of nitrogens with zero attached hydrogens (tertiary/aromatic N) is 2. The average Bonchev–Trinajstić information content (AvgIpc) is 2.88. The first-order valence-electron chi connectivity index (χ1n) is 6.85. The fourth-order valence-corrected chi connectivity index (χ4v) is 2.15. The van der Waals surface area contributed by atoms with Crippen LogP contribution < -0.4 is 5.32 Å². The third-order valence-electron chi connectivity index (χ3n) is 3.07. The maximum atomic E-state index is 5.85. The number of nitrogens with one attached hydrogen (secondary N) is 1. The molecule has 3 aromatic rings. The van der Waals surface area contributed by atoms with Crippen molar-refractivity contribution in [2.75, 3.05) is 11.9 Å². The van der Waals surface area contributed by atoms with E-state index in [4.69, 9.17) is 4.42 Å². The molecule has 0 aliphatic heterocycles. The van der Waals surface area contributed by atoms with Crippen LogP contribution in [0.2, 0.25) is 0 Å². The van der Waals surface area contributed by atoms with Crippen LogP contribution in [-0.4, -0.2) is 16.5 Å². The Kier molecular flexibility index (Phi) is 3.37. The first-order chi connectivity index (χ1) is 9.76. The van der Waals surface area contributed by atoms with Gasteiger partial charge in [-0.25, -0.2) is 9.97 Å². The highest BCUT2D eigenvalue weighted by atomic mass is 16.3. The zero-order valence-corrected chi connectivity index (χ0v) is 11.7. The van der Waals surface area contributed by atoms with E-state index >= 15 is 0 Å². The summed E-state index contributed by atoms with van der Waals surface area (Å²) in [7, 11) is 0. The van der Waals surface area contributed by atoms with Crippen LogP contribution in [0.1, 0.15) is 19.2 Å². The van der Waals surface area contributed by atoms with E-state index in [1.807, 2.05) is 43.3 Å². The number of anilines is 1. The Balaban J connectivity index is 2.01. The predicted molar refractivity (Wildman–Crippen MR) is 80.8 cm³/mol. The minimum atomic E-state index is 0.738. The van der Waals surface area contributed by atoms with Crippen molar-refractivity contribution in [3.05, 3.63) is 42.2 Å². The highest BCUT2D eigenvalue weighted by Crippen LogP contribution is 2.27. The molecule has 2 heterocycles. The molecule has 0 atom stereocenters. The van der Waals surface area contributed by atoms with Gasteiger partial charge in [0.1, 0.15) is 22.9 Å². The topological polar surface area (TPSA) is 51.0 Å². The molecule has 3 rings (SSSR count). The summed E-state index contributed by atoms with van der Waals surface area (Å²) in [5.41, 5.74) is 1.69. The van der Waals surface area contributed by atoms with Gasteiger partial charge < -0.3 is 9.73 Å². The molecule has 1 N–H and O–H groups in total. The zero-order valence-electron chi connectivity index (χ0n) is 11.7. The van der Waals surface area contributed by atoms with E-state index in [1.54, 1.807) is 0 Å². The van der Waals surface area contributed by atoms with Crippen molar-refractivity contribution in [3.63, 3.8) is 0 Å². The summed E-state index contributed by atoms with van der Waals surface area (Å²) in [5, 5.41) is 4.37. The number of hydrogen-bond acceptors (Lipinski definition) is 4. The molecule has 0 saturated carbocycles. The highest BCUT2D eigenvalue weighted by molar-refractivity contribution is 5.82. The number of benzene rings is 1. The number of fused-ring (bicyclic) bond motifs is 1. The Morgan fingerprint density at radius 2 is 2.00 bits per heavy atom. The molecular formula is C16H17N3O. The van der Waals surface area contributed by atoms with Crippen LogP contribution in [0.4, 0.5) is 5.82 Å². The second-order valence-electron chi connectivity index (χ2n) is 4.76. The van der Waals surface area contributed by atoms with E-state index in [-0.39, 0.29) is 0 Å². The molecule has 0 aliphatic rings. The number of hydrogen-bond donors (Lipinski definition) is 1. The molecule has 0 radical (unpaired) electrons. The predicted octanol–water partition coefficient (Wildman–Crippen LogP) is 4.02. The maximum Gasteiger partial charge on any atom is 0.154 e. The van der Waals surface area contributed by atoms with Gasteiger partial charge in [0.15, 0.2) is 5.76 Å². The van der Waals surface area contributed by atoms with Crippen molar-refractivity contribution < 1.29 is 4.42 Å². The van der Waals surface area contributed by atoms with Gasteiger partial charge in [0, 0.05) is 18.0 Å². The van der Waals surface area contributed by atoms with Gasteiger partial charge in [-0.3, -0.25) is 0 Å². The van der Waals surface area contributed by atoms with Gasteiger partial charge in [-0.15, -0.1) is 0 Å². The van der Waals surface area contributed by atoms with E-state index in [2.05, 4.69) is 22.2 Å². The summed E-state index contributed by atoms with van der Waals surface area (Å²) in [6, 6.07) is 11.9. The lowest BCUT2D eigenvalue weighted by atomic mass is 10.2. The van der Waals surface area contributed by atoms with Gasteiger partial charge in [0.25, 0.3) is 0 Å². The average molecular weight is 267 g/mol. The molecule has 4 nitrogen and oxygen atoms in total. The molecule has 20 heavy (non-hydrogen) atoms. The number of furan rings is 1. The third-order valence-corrected chi connectivity index (χ3v) is 3.07. The number of rotatable bonds is 4. The fraction of sp³-hybridized carbons (Fsp3) is 0.250. The Bertz CT molecular complexity index is 700. The van der Waals surface area contributed by atoms with Crippen LogP contribution in [0.3, 0.4) is 0 Å². The summed E-state index contributed by atoms with van der Waals surface area (Å²) in [6.07, 6.45) is 1.06. The van der Waals surface area contributed by atoms with Crippen LogP contribution in [0.25, 0.3) is 22.4 Å². The minimum absolute atomic E-state index is 0.738. The molecule has 0 spiro atoms. The second kappa shape index (κ2) is 5.33. The largest absolute Gasteiger partial charge is 0.454 e. The van der Waals surface area contributed by atoms with Gasteiger partial charge >= 0.3 is 0 Å². The Labute approximate surface area is 117 Å². The number of para-hydroxylation sites is 1. The van der Waals surface area contributed by atoms with Crippen LogP contribution in [0.5, 0.6) is 0 Å². The van der Waals surface area contributed by atoms with Crippen LogP contribution >= 0.6 is 0 Å². The summed E-state index contributed by atoms with van der Waals surface area (Å²) in [6.45, 7) is 4.92. The molecule has 0 bridgehead atoms. The van der Waals surface area contributed by atoms with E-state index in [0.717, 1.165) is 47.0 Å². The van der Waals surface area contributed by atoms with Crippen LogP contribution in [0, 0.1) is 6.92 Å².